The molecule has 1 atom stereocenters. The minimum atomic E-state index is -0.0632. The molecule has 3 nitrogen and oxygen atoms in total. The lowest BCUT2D eigenvalue weighted by Crippen LogP contribution is -2.38. The fourth-order valence-electron chi connectivity index (χ4n) is 1.27. The first-order chi connectivity index (χ1) is 6.02. The van der Waals surface area contributed by atoms with Crippen molar-refractivity contribution in [2.45, 2.75) is 46.6 Å². The van der Waals surface area contributed by atoms with Gasteiger partial charge < -0.3 is 4.90 Å². The van der Waals surface area contributed by atoms with E-state index in [0.29, 0.717) is 6.54 Å². The molecule has 0 fully saturated rings. The van der Waals surface area contributed by atoms with Crippen LogP contribution in [0, 0.1) is 0 Å². The smallest absolute Gasteiger partial charge is 0.230 e. The third-order valence-electron chi connectivity index (χ3n) is 2.18. The zero-order valence-corrected chi connectivity index (χ0v) is 8.96. The van der Waals surface area contributed by atoms with Gasteiger partial charge in [0.2, 0.25) is 5.91 Å². The van der Waals surface area contributed by atoms with Gasteiger partial charge in [-0.05, 0) is 27.2 Å². The van der Waals surface area contributed by atoms with Crippen molar-refractivity contribution in [3.63, 3.8) is 0 Å². The third-order valence-corrected chi connectivity index (χ3v) is 2.18. The Morgan fingerprint density at radius 3 is 2.15 bits per heavy atom. The highest BCUT2D eigenvalue weighted by molar-refractivity contribution is 5.96. The summed E-state index contributed by atoms with van der Waals surface area (Å²) in [4.78, 5) is 24.0. The van der Waals surface area contributed by atoms with Gasteiger partial charge in [-0.15, -0.1) is 0 Å². The van der Waals surface area contributed by atoms with Crippen LogP contribution in [0.5, 0.6) is 0 Å². The molecule has 13 heavy (non-hydrogen) atoms. The number of carbonyl (C=O) groups is 2. The standard InChI is InChI=1S/C10H19NO2/c1-5-8(3)11(6-2)10(13)7-9(4)12/h8H,5-7H2,1-4H3. The van der Waals surface area contributed by atoms with Crippen molar-refractivity contribution in [1.29, 1.82) is 0 Å². The van der Waals surface area contributed by atoms with Gasteiger partial charge in [0, 0.05) is 12.6 Å². The Balaban J connectivity index is 4.22. The van der Waals surface area contributed by atoms with Crippen molar-refractivity contribution in [1.82, 2.24) is 4.90 Å². The number of rotatable bonds is 5. The molecular weight excluding hydrogens is 166 g/mol. The molecule has 0 saturated carbocycles. The highest BCUT2D eigenvalue weighted by atomic mass is 16.2. The number of amides is 1. The molecule has 0 aliphatic carbocycles. The molecule has 0 rings (SSSR count). The second-order valence-electron chi connectivity index (χ2n) is 3.32. The van der Waals surface area contributed by atoms with Crippen molar-refractivity contribution >= 4 is 11.7 Å². The lowest BCUT2D eigenvalue weighted by atomic mass is 10.2. The van der Waals surface area contributed by atoms with Crippen LogP contribution < -0.4 is 0 Å². The fourth-order valence-corrected chi connectivity index (χ4v) is 1.27. The van der Waals surface area contributed by atoms with E-state index in [-0.39, 0.29) is 24.2 Å². The van der Waals surface area contributed by atoms with Gasteiger partial charge in [0.1, 0.15) is 5.78 Å². The molecule has 0 N–H and O–H groups in total. The molecule has 0 aliphatic rings. The molecule has 1 amide bonds. The third kappa shape index (κ3) is 4.06. The molecule has 0 aromatic heterocycles. The lowest BCUT2D eigenvalue weighted by Gasteiger charge is -2.26. The van der Waals surface area contributed by atoms with E-state index < -0.39 is 0 Å². The Morgan fingerprint density at radius 1 is 1.31 bits per heavy atom. The van der Waals surface area contributed by atoms with Gasteiger partial charge in [-0.3, -0.25) is 9.59 Å². The summed E-state index contributed by atoms with van der Waals surface area (Å²) in [5.41, 5.74) is 0. The van der Waals surface area contributed by atoms with Crippen LogP contribution in [-0.2, 0) is 9.59 Å². The molecular formula is C10H19NO2. The zero-order valence-electron chi connectivity index (χ0n) is 8.96. The largest absolute Gasteiger partial charge is 0.340 e. The summed E-state index contributed by atoms with van der Waals surface area (Å²) in [6, 6.07) is 0.233. The number of hydrogen-bond acceptors (Lipinski definition) is 2. The topological polar surface area (TPSA) is 37.4 Å². The number of nitrogens with zero attached hydrogens (tertiary/aromatic N) is 1. The maximum absolute atomic E-state index is 11.5. The van der Waals surface area contributed by atoms with E-state index in [9.17, 15) is 9.59 Å². The van der Waals surface area contributed by atoms with Crippen LogP contribution in [0.2, 0.25) is 0 Å². The summed E-state index contributed by atoms with van der Waals surface area (Å²) in [6.45, 7) is 8.10. The Hall–Kier alpha value is -0.860. The maximum Gasteiger partial charge on any atom is 0.230 e. The van der Waals surface area contributed by atoms with Gasteiger partial charge in [0.15, 0.2) is 0 Å². The Kier molecular flexibility index (Phi) is 5.35. The van der Waals surface area contributed by atoms with Crippen molar-refractivity contribution < 1.29 is 9.59 Å². The van der Waals surface area contributed by atoms with E-state index in [2.05, 4.69) is 0 Å². The molecule has 76 valence electrons. The van der Waals surface area contributed by atoms with Crippen LogP contribution in [0.25, 0.3) is 0 Å². The summed E-state index contributed by atoms with van der Waals surface area (Å²) in [7, 11) is 0. The first kappa shape index (κ1) is 12.1. The Labute approximate surface area is 80.1 Å². The average molecular weight is 185 g/mol. The van der Waals surface area contributed by atoms with E-state index in [0.717, 1.165) is 6.42 Å². The molecule has 0 aliphatic heterocycles. The minimum Gasteiger partial charge on any atom is -0.340 e. The number of ketones is 1. The molecule has 0 aromatic carbocycles. The molecule has 0 radical (unpaired) electrons. The predicted molar refractivity (Wildman–Crippen MR) is 52.4 cm³/mol. The molecule has 3 heteroatoms. The highest BCUT2D eigenvalue weighted by Gasteiger charge is 2.17. The highest BCUT2D eigenvalue weighted by Crippen LogP contribution is 2.05. The SMILES string of the molecule is CCC(C)N(CC)C(=O)CC(C)=O. The molecule has 0 aromatic rings. The van der Waals surface area contributed by atoms with Crippen LogP contribution in [0.15, 0.2) is 0 Å². The average Bonchev–Trinajstić information content (AvgIpc) is 2.03. The van der Waals surface area contributed by atoms with Crippen LogP contribution in [0.4, 0.5) is 0 Å². The van der Waals surface area contributed by atoms with Crippen molar-refractivity contribution in [3.8, 4) is 0 Å². The number of hydrogen-bond donors (Lipinski definition) is 0. The molecule has 0 bridgehead atoms. The minimum absolute atomic E-state index is 0.0399. The van der Waals surface area contributed by atoms with Crippen LogP contribution in [0.1, 0.15) is 40.5 Å². The molecule has 1 unspecified atom stereocenters. The predicted octanol–water partition coefficient (Wildman–Crippen LogP) is 1.61. The zero-order chi connectivity index (χ0) is 10.4. The van der Waals surface area contributed by atoms with Gasteiger partial charge in [-0.25, -0.2) is 0 Å². The fraction of sp³-hybridized carbons (Fsp3) is 0.800. The van der Waals surface area contributed by atoms with Crippen molar-refractivity contribution in [3.05, 3.63) is 0 Å². The summed E-state index contributed by atoms with van der Waals surface area (Å²) >= 11 is 0. The second kappa shape index (κ2) is 5.73. The number of Topliss-reactive ketones (excluding diaryl/α,β-unsaturated/α-hetero) is 1. The van der Waals surface area contributed by atoms with Gasteiger partial charge in [-0.1, -0.05) is 6.92 Å². The summed E-state index contributed by atoms with van der Waals surface area (Å²) in [6.07, 6.45) is 0.968. The van der Waals surface area contributed by atoms with Gasteiger partial charge in [-0.2, -0.15) is 0 Å². The van der Waals surface area contributed by atoms with Gasteiger partial charge in [0.25, 0.3) is 0 Å². The quantitative estimate of drug-likeness (QED) is 0.610. The van der Waals surface area contributed by atoms with E-state index in [1.165, 1.54) is 6.92 Å². The Bertz CT molecular complexity index is 189. The monoisotopic (exact) mass is 185 g/mol. The summed E-state index contributed by atoms with van der Waals surface area (Å²) in [5, 5.41) is 0. The maximum atomic E-state index is 11.5. The van der Waals surface area contributed by atoms with E-state index in [1.54, 1.807) is 4.90 Å². The lowest BCUT2D eigenvalue weighted by molar-refractivity contribution is -0.136. The molecule has 0 spiro atoms. The van der Waals surface area contributed by atoms with Crippen LogP contribution in [-0.4, -0.2) is 29.2 Å². The normalized spacial score (nSPS) is 12.3. The van der Waals surface area contributed by atoms with E-state index >= 15 is 0 Å². The van der Waals surface area contributed by atoms with Crippen molar-refractivity contribution in [2.24, 2.45) is 0 Å². The Morgan fingerprint density at radius 2 is 1.85 bits per heavy atom. The second-order valence-corrected chi connectivity index (χ2v) is 3.32. The first-order valence-electron chi connectivity index (χ1n) is 4.81. The van der Waals surface area contributed by atoms with Gasteiger partial charge in [0.05, 0.1) is 6.42 Å². The summed E-state index contributed by atoms with van der Waals surface area (Å²) in [5.74, 6) is -0.115. The van der Waals surface area contributed by atoms with E-state index in [1.807, 2.05) is 20.8 Å². The summed E-state index contributed by atoms with van der Waals surface area (Å²) < 4.78 is 0. The molecule has 0 saturated heterocycles. The van der Waals surface area contributed by atoms with Crippen molar-refractivity contribution in [2.75, 3.05) is 6.54 Å². The first-order valence-corrected chi connectivity index (χ1v) is 4.81. The van der Waals surface area contributed by atoms with Crippen LogP contribution >= 0.6 is 0 Å². The van der Waals surface area contributed by atoms with Gasteiger partial charge >= 0.3 is 0 Å². The molecule has 0 heterocycles. The van der Waals surface area contributed by atoms with E-state index in [4.69, 9.17) is 0 Å². The van der Waals surface area contributed by atoms with Crippen LogP contribution in [0.3, 0.4) is 0 Å². The number of carbonyl (C=O) groups excluding carboxylic acids is 2.